The number of para-hydroxylation sites is 2. The molecule has 4 rings (SSSR count). The molecule has 0 aliphatic rings. The smallest absolute Gasteiger partial charge is 0.0561 e. The van der Waals surface area contributed by atoms with E-state index < -0.39 is 0 Å². The van der Waals surface area contributed by atoms with Gasteiger partial charge in [-0.1, -0.05) is 36.4 Å². The lowest BCUT2D eigenvalue weighted by Gasteiger charge is -2.06. The van der Waals surface area contributed by atoms with Crippen LogP contribution in [0.5, 0.6) is 0 Å². The van der Waals surface area contributed by atoms with Crippen LogP contribution in [0.1, 0.15) is 16.7 Å². The zero-order chi connectivity index (χ0) is 16.5. The van der Waals surface area contributed by atoms with Gasteiger partial charge in [0.15, 0.2) is 0 Å². The van der Waals surface area contributed by atoms with Crippen LogP contribution in [0.15, 0.2) is 65.8 Å². The number of aromatic amines is 1. The molecular weight excluding hydrogens is 294 g/mol. The largest absolute Gasteiger partial charge is 0.354 e. The molecule has 3 heteroatoms. The molecule has 0 saturated carbocycles. The van der Waals surface area contributed by atoms with Crippen molar-refractivity contribution >= 4 is 33.7 Å². The van der Waals surface area contributed by atoms with E-state index in [1.807, 2.05) is 36.5 Å². The number of aromatic nitrogens is 1. The average molecular weight is 313 g/mol. The lowest BCUT2D eigenvalue weighted by atomic mass is 9.99. The first-order valence-electron chi connectivity index (χ1n) is 8.09. The number of anilines is 1. The molecule has 4 aromatic rings. The zero-order valence-corrected chi connectivity index (χ0v) is 13.8. The third kappa shape index (κ3) is 2.44. The van der Waals surface area contributed by atoms with Gasteiger partial charge < -0.3 is 4.98 Å². The first-order chi connectivity index (χ1) is 11.7. The lowest BCUT2D eigenvalue weighted by molar-refractivity contribution is 1.34. The molecule has 1 heterocycles. The number of rotatable bonds is 3. The first-order valence-corrected chi connectivity index (χ1v) is 8.09. The minimum Gasteiger partial charge on any atom is -0.354 e. The lowest BCUT2D eigenvalue weighted by Crippen LogP contribution is -1.94. The number of benzene rings is 3. The Morgan fingerprint density at radius 3 is 2.54 bits per heavy atom. The Morgan fingerprint density at radius 2 is 1.71 bits per heavy atom. The van der Waals surface area contributed by atoms with E-state index in [1.165, 1.54) is 32.9 Å². The molecule has 0 unspecified atom stereocenters. The molecule has 0 saturated heterocycles. The highest BCUT2D eigenvalue weighted by Crippen LogP contribution is 2.31. The van der Waals surface area contributed by atoms with Gasteiger partial charge >= 0.3 is 0 Å². The van der Waals surface area contributed by atoms with Crippen LogP contribution in [0.25, 0.3) is 21.8 Å². The van der Waals surface area contributed by atoms with Crippen molar-refractivity contribution in [3.05, 3.63) is 77.4 Å². The van der Waals surface area contributed by atoms with E-state index >= 15 is 0 Å². The van der Waals surface area contributed by atoms with E-state index in [1.54, 1.807) is 0 Å². The Morgan fingerprint density at radius 1 is 0.958 bits per heavy atom. The van der Waals surface area contributed by atoms with Crippen LogP contribution < -0.4 is 5.43 Å². The summed E-state index contributed by atoms with van der Waals surface area (Å²) < 4.78 is 0. The molecule has 0 aliphatic carbocycles. The van der Waals surface area contributed by atoms with Gasteiger partial charge in [0.25, 0.3) is 0 Å². The number of hydrazone groups is 1. The summed E-state index contributed by atoms with van der Waals surface area (Å²) in [5, 5.41) is 6.95. The number of aryl methyl sites for hydroxylation is 2. The van der Waals surface area contributed by atoms with Crippen molar-refractivity contribution < 1.29 is 0 Å². The molecule has 0 atom stereocenters. The normalized spacial score (nSPS) is 11.6. The summed E-state index contributed by atoms with van der Waals surface area (Å²) >= 11 is 0. The SMILES string of the molecule is Cc1cc(C=NNc2ccccc2)c(C)c2c1[nH]c1ccccc12. The van der Waals surface area contributed by atoms with E-state index in [-0.39, 0.29) is 0 Å². The van der Waals surface area contributed by atoms with Crippen LogP contribution in [0, 0.1) is 13.8 Å². The molecule has 118 valence electrons. The molecule has 0 spiro atoms. The first kappa shape index (κ1) is 14.5. The van der Waals surface area contributed by atoms with Gasteiger partial charge in [0.2, 0.25) is 0 Å². The molecule has 0 bridgehead atoms. The van der Waals surface area contributed by atoms with Gasteiger partial charge in [0.1, 0.15) is 0 Å². The van der Waals surface area contributed by atoms with Crippen LogP contribution in [-0.4, -0.2) is 11.2 Å². The van der Waals surface area contributed by atoms with E-state index in [0.717, 1.165) is 11.3 Å². The zero-order valence-electron chi connectivity index (χ0n) is 13.8. The summed E-state index contributed by atoms with van der Waals surface area (Å²) in [7, 11) is 0. The van der Waals surface area contributed by atoms with Gasteiger partial charge in [-0.3, -0.25) is 5.43 Å². The molecule has 24 heavy (non-hydrogen) atoms. The summed E-state index contributed by atoms with van der Waals surface area (Å²) in [6, 6.07) is 20.6. The summed E-state index contributed by atoms with van der Waals surface area (Å²) in [5.41, 5.74) is 10.1. The van der Waals surface area contributed by atoms with Crippen molar-refractivity contribution in [3.63, 3.8) is 0 Å². The Hall–Kier alpha value is -3.07. The van der Waals surface area contributed by atoms with Gasteiger partial charge in [0.05, 0.1) is 11.9 Å². The highest BCUT2D eigenvalue weighted by molar-refractivity contribution is 6.12. The Balaban J connectivity index is 1.78. The molecule has 3 aromatic carbocycles. The minimum atomic E-state index is 0.983. The third-order valence-corrected chi connectivity index (χ3v) is 4.45. The summed E-state index contributed by atoms with van der Waals surface area (Å²) in [6.45, 7) is 4.30. The predicted octanol–water partition coefficient (Wildman–Crippen LogP) is 5.38. The van der Waals surface area contributed by atoms with Crippen LogP contribution >= 0.6 is 0 Å². The van der Waals surface area contributed by atoms with Gasteiger partial charge in [-0.2, -0.15) is 5.10 Å². The van der Waals surface area contributed by atoms with Gasteiger partial charge in [-0.15, -0.1) is 0 Å². The second kappa shape index (κ2) is 5.85. The van der Waals surface area contributed by atoms with E-state index in [2.05, 4.69) is 59.7 Å². The summed E-state index contributed by atoms with van der Waals surface area (Å²) in [5.74, 6) is 0. The maximum atomic E-state index is 4.40. The van der Waals surface area contributed by atoms with Crippen LogP contribution in [0.4, 0.5) is 5.69 Å². The topological polar surface area (TPSA) is 40.2 Å². The third-order valence-electron chi connectivity index (χ3n) is 4.45. The van der Waals surface area contributed by atoms with Crippen molar-refractivity contribution in [2.45, 2.75) is 13.8 Å². The monoisotopic (exact) mass is 313 g/mol. The minimum absolute atomic E-state index is 0.983. The summed E-state index contributed by atoms with van der Waals surface area (Å²) in [4.78, 5) is 3.54. The number of nitrogens with one attached hydrogen (secondary N) is 2. The number of hydrogen-bond donors (Lipinski definition) is 2. The second-order valence-corrected chi connectivity index (χ2v) is 6.06. The molecule has 1 aromatic heterocycles. The maximum absolute atomic E-state index is 4.40. The van der Waals surface area contributed by atoms with Crippen molar-refractivity contribution in [1.82, 2.24) is 4.98 Å². The predicted molar refractivity (Wildman–Crippen MR) is 103 cm³/mol. The van der Waals surface area contributed by atoms with Crippen molar-refractivity contribution in [1.29, 1.82) is 0 Å². The number of hydrogen-bond acceptors (Lipinski definition) is 2. The molecule has 3 nitrogen and oxygen atoms in total. The molecule has 0 amide bonds. The van der Waals surface area contributed by atoms with Crippen LogP contribution in [0.3, 0.4) is 0 Å². The molecule has 0 aliphatic heterocycles. The van der Waals surface area contributed by atoms with Crippen LogP contribution in [-0.2, 0) is 0 Å². The second-order valence-electron chi connectivity index (χ2n) is 6.06. The fraction of sp³-hybridized carbons (Fsp3) is 0.0952. The van der Waals surface area contributed by atoms with Crippen LogP contribution in [0.2, 0.25) is 0 Å². The van der Waals surface area contributed by atoms with E-state index in [0.29, 0.717) is 0 Å². The Labute approximate surface area is 141 Å². The molecule has 0 radical (unpaired) electrons. The van der Waals surface area contributed by atoms with Gasteiger partial charge in [-0.05, 0) is 54.8 Å². The average Bonchev–Trinajstić information content (AvgIpc) is 3.00. The molecule has 0 fully saturated rings. The number of nitrogens with zero attached hydrogens (tertiary/aromatic N) is 1. The van der Waals surface area contributed by atoms with Crippen molar-refractivity contribution in [2.75, 3.05) is 5.43 Å². The Bertz CT molecular complexity index is 1040. The Kier molecular flexibility index (Phi) is 3.54. The number of fused-ring (bicyclic) bond motifs is 3. The standard InChI is InChI=1S/C21H19N3/c1-14-12-16(13-22-24-17-8-4-3-5-9-17)15(2)20-18-10-6-7-11-19(18)23-21(14)20/h3-13,23-24H,1-2H3. The maximum Gasteiger partial charge on any atom is 0.0561 e. The highest BCUT2D eigenvalue weighted by Gasteiger charge is 2.11. The molecular formula is C21H19N3. The van der Waals surface area contributed by atoms with E-state index in [9.17, 15) is 0 Å². The molecule has 2 N–H and O–H groups in total. The quantitative estimate of drug-likeness (QED) is 0.386. The highest BCUT2D eigenvalue weighted by atomic mass is 15.3. The van der Waals surface area contributed by atoms with Crippen molar-refractivity contribution in [3.8, 4) is 0 Å². The fourth-order valence-electron chi connectivity index (χ4n) is 3.21. The van der Waals surface area contributed by atoms with Gasteiger partial charge in [0, 0.05) is 21.8 Å². The fourth-order valence-corrected chi connectivity index (χ4v) is 3.21. The number of H-pyrrole nitrogens is 1. The summed E-state index contributed by atoms with van der Waals surface area (Å²) in [6.07, 6.45) is 1.90. The van der Waals surface area contributed by atoms with E-state index in [4.69, 9.17) is 0 Å². The van der Waals surface area contributed by atoms with Crippen molar-refractivity contribution in [2.24, 2.45) is 5.10 Å². The van der Waals surface area contributed by atoms with Gasteiger partial charge in [-0.25, -0.2) is 0 Å².